The first kappa shape index (κ1) is 13.7. The molecule has 2 aromatic rings. The van der Waals surface area contributed by atoms with Crippen molar-refractivity contribution in [2.75, 3.05) is 12.9 Å². The first-order valence-electron chi connectivity index (χ1n) is 4.90. The Balaban J connectivity index is 0.000000249. The Morgan fingerprint density at radius 2 is 1.88 bits per heavy atom. The van der Waals surface area contributed by atoms with Gasteiger partial charge in [-0.15, -0.1) is 0 Å². The number of para-hydroxylation sites is 1. The Bertz CT molecular complexity index is 562. The van der Waals surface area contributed by atoms with E-state index in [0.29, 0.717) is 12.7 Å². The molecule has 1 aromatic heterocycles. The number of rotatable bonds is 2. The molecule has 0 aliphatic carbocycles. The lowest BCUT2D eigenvalue weighted by atomic mass is 10.1. The lowest BCUT2D eigenvalue weighted by Crippen LogP contribution is -1.88. The molecule has 0 unspecified atom stereocenters. The number of furan rings is 1. The number of hydrogen-bond acceptors (Lipinski definition) is 4. The number of benzene rings is 1. The van der Waals surface area contributed by atoms with Crippen LogP contribution < -0.4 is 0 Å². The smallest absolute Gasteiger partial charge is 0.261 e. The molecule has 2 N–H and O–H groups in total. The van der Waals surface area contributed by atoms with Gasteiger partial charge in [-0.05, 0) is 12.5 Å². The van der Waals surface area contributed by atoms with Gasteiger partial charge in [-0.2, -0.15) is 8.42 Å². The molecule has 17 heavy (non-hydrogen) atoms. The fourth-order valence-electron chi connectivity index (χ4n) is 1.35. The Labute approximate surface area is 99.4 Å². The summed E-state index contributed by atoms with van der Waals surface area (Å²) in [6.07, 6.45) is 3.09. The summed E-state index contributed by atoms with van der Waals surface area (Å²) in [5, 5.41) is 9.86. The summed E-state index contributed by atoms with van der Waals surface area (Å²) in [4.78, 5) is 0. The zero-order valence-corrected chi connectivity index (χ0v) is 10.1. The first-order chi connectivity index (χ1) is 7.92. The van der Waals surface area contributed by atoms with E-state index in [2.05, 4.69) is 0 Å². The summed E-state index contributed by atoms with van der Waals surface area (Å²) in [7, 11) is -3.67. The minimum Gasteiger partial charge on any atom is -0.464 e. The number of aliphatic hydroxyl groups excluding tert-OH is 1. The third-order valence-corrected chi connectivity index (χ3v) is 1.94. The molecular weight excluding hydrogens is 244 g/mol. The van der Waals surface area contributed by atoms with Crippen molar-refractivity contribution in [3.63, 3.8) is 0 Å². The summed E-state index contributed by atoms with van der Waals surface area (Å²) in [5.74, 6) is 0. The van der Waals surface area contributed by atoms with E-state index < -0.39 is 10.1 Å². The summed E-state index contributed by atoms with van der Waals surface area (Å²) >= 11 is 0. The zero-order valence-electron chi connectivity index (χ0n) is 9.33. The van der Waals surface area contributed by atoms with Crippen molar-refractivity contribution in [2.24, 2.45) is 0 Å². The highest BCUT2D eigenvalue weighted by Gasteiger charge is 2.02. The largest absolute Gasteiger partial charge is 0.464 e. The van der Waals surface area contributed by atoms with Gasteiger partial charge in [0.2, 0.25) is 0 Å². The lowest BCUT2D eigenvalue weighted by molar-refractivity contribution is 0.299. The number of hydrogen-bond donors (Lipinski definition) is 2. The van der Waals surface area contributed by atoms with E-state index in [-0.39, 0.29) is 6.61 Å². The van der Waals surface area contributed by atoms with Crippen LogP contribution >= 0.6 is 0 Å². The monoisotopic (exact) mass is 258 g/mol. The van der Waals surface area contributed by atoms with Gasteiger partial charge in [0, 0.05) is 17.6 Å². The molecule has 0 fully saturated rings. The van der Waals surface area contributed by atoms with Crippen LogP contribution in [0.25, 0.3) is 11.0 Å². The summed E-state index contributed by atoms with van der Waals surface area (Å²) in [6, 6.07) is 7.84. The lowest BCUT2D eigenvalue weighted by Gasteiger charge is -1.91. The predicted molar refractivity (Wildman–Crippen MR) is 64.5 cm³/mol. The van der Waals surface area contributed by atoms with Crippen LogP contribution in [0.4, 0.5) is 0 Å². The van der Waals surface area contributed by atoms with Gasteiger partial charge >= 0.3 is 0 Å². The van der Waals surface area contributed by atoms with Crippen LogP contribution in [0.1, 0.15) is 5.56 Å². The molecule has 0 spiro atoms. The van der Waals surface area contributed by atoms with Crippen molar-refractivity contribution in [1.82, 2.24) is 0 Å². The number of aliphatic hydroxyl groups is 1. The predicted octanol–water partition coefficient (Wildman–Crippen LogP) is 1.47. The minimum absolute atomic E-state index is 0.170. The van der Waals surface area contributed by atoms with Crippen LogP contribution in [0.2, 0.25) is 0 Å². The van der Waals surface area contributed by atoms with Crippen molar-refractivity contribution >= 4 is 21.1 Å². The second kappa shape index (κ2) is 5.81. The van der Waals surface area contributed by atoms with E-state index in [9.17, 15) is 8.42 Å². The topological polar surface area (TPSA) is 87.7 Å². The maximum Gasteiger partial charge on any atom is 0.261 e. The molecule has 5 nitrogen and oxygen atoms in total. The molecule has 0 aliphatic heterocycles. The SMILES string of the molecule is CS(=O)(=O)O.OCCc1coc2ccccc12. The zero-order chi connectivity index (χ0) is 12.9. The molecule has 94 valence electrons. The van der Waals surface area contributed by atoms with Crippen LogP contribution in [-0.4, -0.2) is 30.9 Å². The average molecular weight is 258 g/mol. The molecule has 0 saturated carbocycles. The maximum absolute atomic E-state index is 9.19. The molecule has 2 rings (SSSR count). The molecule has 1 aromatic carbocycles. The first-order valence-corrected chi connectivity index (χ1v) is 6.75. The molecule has 0 bridgehead atoms. The average Bonchev–Trinajstić information content (AvgIpc) is 2.60. The fourth-order valence-corrected chi connectivity index (χ4v) is 1.35. The Morgan fingerprint density at radius 3 is 2.47 bits per heavy atom. The number of fused-ring (bicyclic) bond motifs is 1. The van der Waals surface area contributed by atoms with E-state index in [1.54, 1.807) is 6.26 Å². The van der Waals surface area contributed by atoms with Crippen molar-refractivity contribution < 1.29 is 22.5 Å². The van der Waals surface area contributed by atoms with Gasteiger partial charge in [0.25, 0.3) is 10.1 Å². The molecule has 0 aliphatic rings. The minimum atomic E-state index is -3.67. The van der Waals surface area contributed by atoms with Crippen molar-refractivity contribution in [3.8, 4) is 0 Å². The Kier molecular flexibility index (Phi) is 4.68. The Hall–Kier alpha value is -1.37. The van der Waals surface area contributed by atoms with E-state index in [1.807, 2.05) is 24.3 Å². The van der Waals surface area contributed by atoms with Crippen molar-refractivity contribution in [1.29, 1.82) is 0 Å². The van der Waals surface area contributed by atoms with Crippen molar-refractivity contribution in [3.05, 3.63) is 36.1 Å². The summed E-state index contributed by atoms with van der Waals surface area (Å²) in [6.45, 7) is 0.170. The quantitative estimate of drug-likeness (QED) is 0.796. The molecule has 0 radical (unpaired) electrons. The van der Waals surface area contributed by atoms with Crippen LogP contribution in [0.15, 0.2) is 34.9 Å². The summed E-state index contributed by atoms with van der Waals surface area (Å²) < 4.78 is 31.2. The molecule has 0 atom stereocenters. The van der Waals surface area contributed by atoms with E-state index in [4.69, 9.17) is 14.1 Å². The highest BCUT2D eigenvalue weighted by molar-refractivity contribution is 7.85. The fraction of sp³-hybridized carbons (Fsp3) is 0.273. The van der Waals surface area contributed by atoms with Gasteiger partial charge in [-0.1, -0.05) is 18.2 Å². The van der Waals surface area contributed by atoms with Gasteiger partial charge in [0.05, 0.1) is 12.5 Å². The normalized spacial score (nSPS) is 11.0. The van der Waals surface area contributed by atoms with Crippen LogP contribution in [0.3, 0.4) is 0 Å². The summed E-state index contributed by atoms with van der Waals surface area (Å²) in [5.41, 5.74) is 1.97. The van der Waals surface area contributed by atoms with Crippen LogP contribution in [0.5, 0.6) is 0 Å². The highest BCUT2D eigenvalue weighted by Crippen LogP contribution is 2.20. The Morgan fingerprint density at radius 1 is 1.29 bits per heavy atom. The van der Waals surface area contributed by atoms with E-state index in [1.165, 1.54) is 0 Å². The van der Waals surface area contributed by atoms with E-state index >= 15 is 0 Å². The maximum atomic E-state index is 9.19. The molecule has 0 saturated heterocycles. The second-order valence-corrected chi connectivity index (χ2v) is 4.93. The van der Waals surface area contributed by atoms with Crippen LogP contribution in [0, 0.1) is 0 Å². The van der Waals surface area contributed by atoms with Crippen molar-refractivity contribution in [2.45, 2.75) is 6.42 Å². The van der Waals surface area contributed by atoms with Gasteiger partial charge in [0.1, 0.15) is 5.58 Å². The van der Waals surface area contributed by atoms with Gasteiger partial charge in [-0.25, -0.2) is 0 Å². The third-order valence-electron chi connectivity index (χ3n) is 1.94. The highest BCUT2D eigenvalue weighted by atomic mass is 32.2. The van der Waals surface area contributed by atoms with Gasteiger partial charge in [0.15, 0.2) is 0 Å². The molecule has 6 heteroatoms. The van der Waals surface area contributed by atoms with Gasteiger partial charge in [-0.3, -0.25) is 4.55 Å². The van der Waals surface area contributed by atoms with Crippen LogP contribution in [-0.2, 0) is 16.5 Å². The molecular formula is C11H14O5S. The third kappa shape index (κ3) is 4.99. The molecule has 0 amide bonds. The second-order valence-electron chi connectivity index (χ2n) is 3.46. The molecule has 1 heterocycles. The standard InChI is InChI=1S/C10H10O2.CH4O3S/c11-6-5-8-7-12-10-4-2-1-3-9(8)10;1-5(2,3)4/h1-4,7,11H,5-6H2;1H3,(H,2,3,4). The van der Waals surface area contributed by atoms with E-state index in [0.717, 1.165) is 16.5 Å². The van der Waals surface area contributed by atoms with Gasteiger partial charge < -0.3 is 9.52 Å².